The Labute approximate surface area is 145 Å². The minimum absolute atomic E-state index is 0.132. The first-order valence-electron chi connectivity index (χ1n) is 7.94. The molecule has 0 saturated heterocycles. The van der Waals surface area contributed by atoms with Crippen LogP contribution < -0.4 is 15.4 Å². The van der Waals surface area contributed by atoms with E-state index in [2.05, 4.69) is 10.6 Å². The second kappa shape index (κ2) is 7.05. The summed E-state index contributed by atoms with van der Waals surface area (Å²) in [4.78, 5) is 25.2. The molecule has 0 bridgehead atoms. The van der Waals surface area contributed by atoms with E-state index in [1.165, 1.54) is 23.8 Å². The molecule has 126 valence electrons. The van der Waals surface area contributed by atoms with E-state index in [0.29, 0.717) is 17.1 Å². The number of nitrogens with one attached hydrogen (secondary N) is 2. The lowest BCUT2D eigenvalue weighted by Gasteiger charge is -2.14. The summed E-state index contributed by atoms with van der Waals surface area (Å²) in [5.74, 6) is 0.263. The minimum atomic E-state index is -0.163. The maximum atomic E-state index is 12.7. The third kappa shape index (κ3) is 3.43. The van der Waals surface area contributed by atoms with Gasteiger partial charge in [-0.15, -0.1) is 11.3 Å². The highest BCUT2D eigenvalue weighted by Gasteiger charge is 2.21. The summed E-state index contributed by atoms with van der Waals surface area (Å²) >= 11 is 1.66. The van der Waals surface area contributed by atoms with Crippen molar-refractivity contribution in [3.63, 3.8) is 0 Å². The molecule has 3 rings (SSSR count). The Balaban J connectivity index is 1.85. The monoisotopic (exact) mass is 344 g/mol. The third-order valence-electron chi connectivity index (χ3n) is 4.07. The fourth-order valence-electron chi connectivity index (χ4n) is 2.96. The number of hydrogen-bond acceptors (Lipinski definition) is 4. The molecule has 0 unspecified atom stereocenters. The van der Waals surface area contributed by atoms with Gasteiger partial charge in [0.15, 0.2) is 0 Å². The van der Waals surface area contributed by atoms with Gasteiger partial charge in [0, 0.05) is 22.9 Å². The van der Waals surface area contributed by atoms with Gasteiger partial charge in [-0.25, -0.2) is 0 Å². The number of aryl methyl sites for hydroxylation is 1. The first kappa shape index (κ1) is 16.5. The zero-order valence-electron chi connectivity index (χ0n) is 13.8. The molecule has 1 heterocycles. The van der Waals surface area contributed by atoms with Crippen LogP contribution in [-0.4, -0.2) is 18.9 Å². The quantitative estimate of drug-likeness (QED) is 0.885. The number of benzene rings is 1. The van der Waals surface area contributed by atoms with Gasteiger partial charge in [0.1, 0.15) is 5.75 Å². The summed E-state index contributed by atoms with van der Waals surface area (Å²) in [5.41, 5.74) is 3.10. The average molecular weight is 344 g/mol. The summed E-state index contributed by atoms with van der Waals surface area (Å²) in [7, 11) is 1.55. The van der Waals surface area contributed by atoms with Gasteiger partial charge in [-0.1, -0.05) is 0 Å². The van der Waals surface area contributed by atoms with E-state index in [0.717, 1.165) is 24.8 Å². The van der Waals surface area contributed by atoms with Crippen LogP contribution in [0.15, 0.2) is 23.6 Å². The third-order valence-corrected chi connectivity index (χ3v) is 5.16. The zero-order valence-corrected chi connectivity index (χ0v) is 14.6. The number of rotatable bonds is 4. The molecular formula is C18H20N2O3S. The molecule has 2 N–H and O–H groups in total. The SMILES string of the molecule is COc1ccc(NC(C)=O)cc1NC(=O)c1csc2c1CCCC2. The Kier molecular flexibility index (Phi) is 4.85. The van der Waals surface area contributed by atoms with Crippen LogP contribution in [0.4, 0.5) is 11.4 Å². The number of carbonyl (C=O) groups is 2. The molecule has 0 spiro atoms. The van der Waals surface area contributed by atoms with Crippen molar-refractivity contribution >= 4 is 34.5 Å². The molecule has 2 aromatic rings. The van der Waals surface area contributed by atoms with Crippen LogP contribution in [0.2, 0.25) is 0 Å². The van der Waals surface area contributed by atoms with E-state index in [9.17, 15) is 9.59 Å². The largest absolute Gasteiger partial charge is 0.495 e. The average Bonchev–Trinajstić information content (AvgIpc) is 2.98. The highest BCUT2D eigenvalue weighted by molar-refractivity contribution is 7.10. The van der Waals surface area contributed by atoms with Crippen molar-refractivity contribution in [2.24, 2.45) is 0 Å². The van der Waals surface area contributed by atoms with Gasteiger partial charge in [0.05, 0.1) is 18.4 Å². The molecule has 24 heavy (non-hydrogen) atoms. The molecular weight excluding hydrogens is 324 g/mol. The molecule has 0 aliphatic heterocycles. The Bertz CT molecular complexity index is 783. The van der Waals surface area contributed by atoms with Gasteiger partial charge in [0.2, 0.25) is 5.91 Å². The van der Waals surface area contributed by atoms with Crippen LogP contribution in [0.1, 0.15) is 40.6 Å². The van der Waals surface area contributed by atoms with Crippen LogP contribution in [0, 0.1) is 0 Å². The topological polar surface area (TPSA) is 67.4 Å². The highest BCUT2D eigenvalue weighted by Crippen LogP contribution is 2.32. The number of ether oxygens (including phenoxy) is 1. The highest BCUT2D eigenvalue weighted by atomic mass is 32.1. The van der Waals surface area contributed by atoms with E-state index in [1.807, 2.05) is 5.38 Å². The van der Waals surface area contributed by atoms with Gasteiger partial charge in [-0.05, 0) is 49.4 Å². The van der Waals surface area contributed by atoms with Gasteiger partial charge in [-0.3, -0.25) is 9.59 Å². The Morgan fingerprint density at radius 3 is 2.71 bits per heavy atom. The van der Waals surface area contributed by atoms with Crippen molar-refractivity contribution < 1.29 is 14.3 Å². The van der Waals surface area contributed by atoms with Crippen LogP contribution in [0.25, 0.3) is 0 Å². The summed E-state index contributed by atoms with van der Waals surface area (Å²) in [6, 6.07) is 5.17. The fourth-order valence-corrected chi connectivity index (χ4v) is 4.09. The van der Waals surface area contributed by atoms with Gasteiger partial charge >= 0.3 is 0 Å². The fraction of sp³-hybridized carbons (Fsp3) is 0.333. The number of amides is 2. The van der Waals surface area contributed by atoms with Crippen LogP contribution in [0.3, 0.4) is 0 Å². The van der Waals surface area contributed by atoms with E-state index in [4.69, 9.17) is 4.74 Å². The second-order valence-electron chi connectivity index (χ2n) is 5.81. The molecule has 1 aromatic heterocycles. The Hall–Kier alpha value is -2.34. The molecule has 2 amide bonds. The Morgan fingerprint density at radius 2 is 1.96 bits per heavy atom. The number of methoxy groups -OCH3 is 1. The summed E-state index contributed by atoms with van der Waals surface area (Å²) in [6.45, 7) is 1.44. The molecule has 0 radical (unpaired) electrons. The van der Waals surface area contributed by atoms with Crippen LogP contribution in [-0.2, 0) is 17.6 Å². The predicted molar refractivity (Wildman–Crippen MR) is 96.2 cm³/mol. The molecule has 0 fully saturated rings. The lowest BCUT2D eigenvalue weighted by Crippen LogP contribution is -2.15. The zero-order chi connectivity index (χ0) is 17.1. The van der Waals surface area contributed by atoms with Crippen molar-refractivity contribution in [2.75, 3.05) is 17.7 Å². The van der Waals surface area contributed by atoms with Crippen LogP contribution >= 0.6 is 11.3 Å². The molecule has 1 aliphatic carbocycles. The Morgan fingerprint density at radius 1 is 1.17 bits per heavy atom. The normalized spacial score (nSPS) is 13.1. The summed E-state index contributed by atoms with van der Waals surface area (Å²) in [5, 5.41) is 7.57. The van der Waals surface area contributed by atoms with Crippen molar-refractivity contribution in [1.29, 1.82) is 0 Å². The number of anilines is 2. The molecule has 0 saturated carbocycles. The van der Waals surface area contributed by atoms with E-state index in [1.54, 1.807) is 36.6 Å². The first-order chi connectivity index (χ1) is 11.6. The standard InChI is InChI=1S/C18H20N2O3S/c1-11(21)19-12-7-8-16(23-2)15(9-12)20-18(22)14-10-24-17-6-4-3-5-13(14)17/h7-10H,3-6H2,1-2H3,(H,19,21)(H,20,22). The maximum absolute atomic E-state index is 12.7. The lowest BCUT2D eigenvalue weighted by atomic mass is 9.95. The van der Waals surface area contributed by atoms with Crippen molar-refractivity contribution in [2.45, 2.75) is 32.6 Å². The number of hydrogen-bond donors (Lipinski definition) is 2. The minimum Gasteiger partial charge on any atom is -0.495 e. The predicted octanol–water partition coefficient (Wildman–Crippen LogP) is 3.85. The summed E-state index contributed by atoms with van der Waals surface area (Å²) < 4.78 is 5.31. The molecule has 6 heteroatoms. The van der Waals surface area contributed by atoms with E-state index < -0.39 is 0 Å². The van der Waals surface area contributed by atoms with Crippen molar-refractivity contribution in [3.05, 3.63) is 39.6 Å². The molecule has 5 nitrogen and oxygen atoms in total. The molecule has 0 atom stereocenters. The number of carbonyl (C=O) groups excluding carboxylic acids is 2. The molecule has 1 aromatic carbocycles. The van der Waals surface area contributed by atoms with Gasteiger partial charge in [0.25, 0.3) is 5.91 Å². The maximum Gasteiger partial charge on any atom is 0.256 e. The van der Waals surface area contributed by atoms with Gasteiger partial charge < -0.3 is 15.4 Å². The molecule has 1 aliphatic rings. The smallest absolute Gasteiger partial charge is 0.256 e. The van der Waals surface area contributed by atoms with Crippen LogP contribution in [0.5, 0.6) is 5.75 Å². The number of fused-ring (bicyclic) bond motifs is 1. The lowest BCUT2D eigenvalue weighted by molar-refractivity contribution is -0.114. The first-order valence-corrected chi connectivity index (χ1v) is 8.82. The number of thiophene rings is 1. The van der Waals surface area contributed by atoms with E-state index in [-0.39, 0.29) is 11.8 Å². The van der Waals surface area contributed by atoms with Crippen molar-refractivity contribution in [1.82, 2.24) is 0 Å². The second-order valence-corrected chi connectivity index (χ2v) is 6.77. The summed E-state index contributed by atoms with van der Waals surface area (Å²) in [6.07, 6.45) is 4.35. The van der Waals surface area contributed by atoms with Gasteiger partial charge in [-0.2, -0.15) is 0 Å². The van der Waals surface area contributed by atoms with Crippen molar-refractivity contribution in [3.8, 4) is 5.75 Å². The van der Waals surface area contributed by atoms with E-state index >= 15 is 0 Å².